The molecular weight excluding hydrogens is 268 g/mol. The largest absolute Gasteiger partial charge is 0.479 e. The number of aryl methyl sites for hydroxylation is 1. The molecule has 0 aromatic carbocycles. The summed E-state index contributed by atoms with van der Waals surface area (Å²) in [5.74, 6) is -1.24. The van der Waals surface area contributed by atoms with Crippen LogP contribution in [0.1, 0.15) is 23.5 Å². The molecule has 0 bridgehead atoms. The third-order valence-electron chi connectivity index (χ3n) is 2.89. The van der Waals surface area contributed by atoms with Gasteiger partial charge in [-0.1, -0.05) is 0 Å². The van der Waals surface area contributed by atoms with Gasteiger partial charge in [-0.3, -0.25) is 4.79 Å². The fraction of sp³-hybridized carbons (Fsp3) is 0.583. The number of aromatic nitrogens is 1. The monoisotopic (exact) mass is 284 g/mol. The van der Waals surface area contributed by atoms with E-state index in [4.69, 9.17) is 9.84 Å². The van der Waals surface area contributed by atoms with Crippen LogP contribution in [0.3, 0.4) is 0 Å². The lowest BCUT2D eigenvalue weighted by molar-refractivity contribution is -0.151. The molecule has 7 heteroatoms. The van der Waals surface area contributed by atoms with E-state index in [0.717, 1.165) is 10.7 Å². The van der Waals surface area contributed by atoms with E-state index in [1.165, 1.54) is 0 Å². The normalized spacial score (nSPS) is 22.4. The molecule has 1 aliphatic heterocycles. The molecule has 1 amide bonds. The second-order valence-electron chi connectivity index (χ2n) is 4.45. The molecule has 2 unspecified atom stereocenters. The van der Waals surface area contributed by atoms with Crippen molar-refractivity contribution in [3.63, 3.8) is 0 Å². The van der Waals surface area contributed by atoms with Gasteiger partial charge in [-0.2, -0.15) is 0 Å². The Balaban J connectivity index is 1.72. The Morgan fingerprint density at radius 2 is 2.26 bits per heavy atom. The summed E-state index contributed by atoms with van der Waals surface area (Å²) in [7, 11) is 0. The zero-order chi connectivity index (χ0) is 13.8. The molecule has 2 rings (SSSR count). The van der Waals surface area contributed by atoms with Crippen molar-refractivity contribution in [2.24, 2.45) is 0 Å². The molecule has 1 aromatic rings. The van der Waals surface area contributed by atoms with Gasteiger partial charge in [0.25, 0.3) is 0 Å². The van der Waals surface area contributed by atoms with Gasteiger partial charge in [-0.15, -0.1) is 11.3 Å². The Hall–Kier alpha value is -1.47. The fourth-order valence-electron chi connectivity index (χ4n) is 1.94. The number of amides is 1. The SMILES string of the molecule is Cc1csc(CCNC(=O)C2CCC(C(=O)O)O2)n1. The number of carboxylic acid groups (broad SMARTS) is 1. The predicted molar refractivity (Wildman–Crippen MR) is 69.1 cm³/mol. The minimum absolute atomic E-state index is 0.239. The molecule has 104 valence electrons. The Morgan fingerprint density at radius 3 is 2.84 bits per heavy atom. The number of nitrogens with zero attached hydrogens (tertiary/aromatic N) is 1. The van der Waals surface area contributed by atoms with Gasteiger partial charge in [0.05, 0.1) is 5.01 Å². The molecule has 0 aliphatic carbocycles. The highest BCUT2D eigenvalue weighted by Gasteiger charge is 2.34. The Morgan fingerprint density at radius 1 is 1.53 bits per heavy atom. The van der Waals surface area contributed by atoms with E-state index in [-0.39, 0.29) is 5.91 Å². The molecule has 0 radical (unpaired) electrons. The smallest absolute Gasteiger partial charge is 0.332 e. The second kappa shape index (κ2) is 6.12. The molecule has 2 atom stereocenters. The molecule has 1 saturated heterocycles. The van der Waals surface area contributed by atoms with Crippen LogP contribution in [0.2, 0.25) is 0 Å². The van der Waals surface area contributed by atoms with Crippen LogP contribution in [0.4, 0.5) is 0 Å². The van der Waals surface area contributed by atoms with Gasteiger partial charge >= 0.3 is 5.97 Å². The number of rotatable bonds is 5. The number of aliphatic carboxylic acids is 1. The molecule has 19 heavy (non-hydrogen) atoms. The first-order chi connectivity index (χ1) is 9.06. The first-order valence-corrected chi connectivity index (χ1v) is 7.01. The number of thiazole rings is 1. The zero-order valence-corrected chi connectivity index (χ0v) is 11.4. The van der Waals surface area contributed by atoms with Crippen molar-refractivity contribution in [2.75, 3.05) is 6.54 Å². The van der Waals surface area contributed by atoms with E-state index in [0.29, 0.717) is 25.8 Å². The highest BCUT2D eigenvalue weighted by Crippen LogP contribution is 2.19. The van der Waals surface area contributed by atoms with Gasteiger partial charge in [0.1, 0.15) is 6.10 Å². The maximum absolute atomic E-state index is 11.8. The number of hydrogen-bond donors (Lipinski definition) is 2. The number of carboxylic acids is 1. The van der Waals surface area contributed by atoms with E-state index in [1.54, 1.807) is 11.3 Å². The molecule has 2 heterocycles. The van der Waals surface area contributed by atoms with Gasteiger partial charge in [0, 0.05) is 24.0 Å². The van der Waals surface area contributed by atoms with Crippen LogP contribution in [0.5, 0.6) is 0 Å². The van der Waals surface area contributed by atoms with Crippen molar-refractivity contribution >= 4 is 23.2 Å². The first kappa shape index (κ1) is 14.0. The van der Waals surface area contributed by atoms with Crippen LogP contribution in [0.25, 0.3) is 0 Å². The molecule has 0 spiro atoms. The highest BCUT2D eigenvalue weighted by atomic mass is 32.1. The van der Waals surface area contributed by atoms with Gasteiger partial charge in [-0.05, 0) is 19.8 Å². The van der Waals surface area contributed by atoms with Gasteiger partial charge in [0.2, 0.25) is 5.91 Å². The lowest BCUT2D eigenvalue weighted by Crippen LogP contribution is -2.36. The maximum Gasteiger partial charge on any atom is 0.332 e. The fourth-order valence-corrected chi connectivity index (χ4v) is 2.71. The summed E-state index contributed by atoms with van der Waals surface area (Å²) in [5.41, 5.74) is 0.981. The van der Waals surface area contributed by atoms with Gasteiger partial charge in [0.15, 0.2) is 6.10 Å². The predicted octanol–water partition coefficient (Wildman–Crippen LogP) is 0.742. The van der Waals surface area contributed by atoms with Crippen LogP contribution >= 0.6 is 11.3 Å². The molecule has 1 aliphatic rings. The number of carbonyl (C=O) groups excluding carboxylic acids is 1. The molecule has 6 nitrogen and oxygen atoms in total. The summed E-state index contributed by atoms with van der Waals surface area (Å²) in [6.07, 6.45) is 0.0360. The van der Waals surface area contributed by atoms with Gasteiger partial charge < -0.3 is 15.2 Å². The van der Waals surface area contributed by atoms with Crippen molar-refractivity contribution in [2.45, 2.75) is 38.4 Å². The average molecular weight is 284 g/mol. The summed E-state index contributed by atoms with van der Waals surface area (Å²) in [4.78, 5) is 26.8. The summed E-state index contributed by atoms with van der Waals surface area (Å²) < 4.78 is 5.17. The summed E-state index contributed by atoms with van der Waals surface area (Å²) in [6.45, 7) is 2.42. The van der Waals surface area contributed by atoms with E-state index < -0.39 is 18.2 Å². The van der Waals surface area contributed by atoms with Gasteiger partial charge in [-0.25, -0.2) is 9.78 Å². The van der Waals surface area contributed by atoms with E-state index in [9.17, 15) is 9.59 Å². The summed E-state index contributed by atoms with van der Waals surface area (Å²) in [6, 6.07) is 0. The van der Waals surface area contributed by atoms with Crippen LogP contribution in [0, 0.1) is 6.92 Å². The first-order valence-electron chi connectivity index (χ1n) is 6.13. The maximum atomic E-state index is 11.8. The van der Waals surface area contributed by atoms with Crippen molar-refractivity contribution in [3.8, 4) is 0 Å². The number of carbonyl (C=O) groups is 2. The standard InChI is InChI=1S/C12H16N2O4S/c1-7-6-19-10(14-7)4-5-13-11(15)8-2-3-9(18-8)12(16)17/h6,8-9H,2-5H2,1H3,(H,13,15)(H,16,17). The van der Waals surface area contributed by atoms with Crippen molar-refractivity contribution in [3.05, 3.63) is 16.1 Å². The number of nitrogens with one attached hydrogen (secondary N) is 1. The van der Waals surface area contributed by atoms with Crippen LogP contribution in [-0.2, 0) is 20.7 Å². The zero-order valence-electron chi connectivity index (χ0n) is 10.6. The number of hydrogen-bond acceptors (Lipinski definition) is 5. The number of ether oxygens (including phenoxy) is 1. The Bertz CT molecular complexity index is 474. The van der Waals surface area contributed by atoms with Crippen LogP contribution in [-0.4, -0.2) is 40.7 Å². The molecule has 0 saturated carbocycles. The van der Waals surface area contributed by atoms with E-state index in [2.05, 4.69) is 10.3 Å². The highest BCUT2D eigenvalue weighted by molar-refractivity contribution is 7.09. The van der Waals surface area contributed by atoms with E-state index in [1.807, 2.05) is 12.3 Å². The van der Waals surface area contributed by atoms with E-state index >= 15 is 0 Å². The van der Waals surface area contributed by atoms with Crippen molar-refractivity contribution in [1.82, 2.24) is 10.3 Å². The molecule has 1 aromatic heterocycles. The summed E-state index contributed by atoms with van der Waals surface area (Å²) in [5, 5.41) is 14.5. The third kappa shape index (κ3) is 3.74. The van der Waals surface area contributed by atoms with Crippen LogP contribution in [0.15, 0.2) is 5.38 Å². The lowest BCUT2D eigenvalue weighted by Gasteiger charge is -2.11. The molecular formula is C12H16N2O4S. The Labute approximate surface area is 114 Å². The van der Waals surface area contributed by atoms with Crippen molar-refractivity contribution in [1.29, 1.82) is 0 Å². The second-order valence-corrected chi connectivity index (χ2v) is 5.40. The van der Waals surface area contributed by atoms with Crippen LogP contribution < -0.4 is 5.32 Å². The lowest BCUT2D eigenvalue weighted by atomic mass is 10.2. The third-order valence-corrected chi connectivity index (χ3v) is 3.92. The topological polar surface area (TPSA) is 88.5 Å². The summed E-state index contributed by atoms with van der Waals surface area (Å²) >= 11 is 1.57. The minimum atomic E-state index is -1.01. The molecule has 2 N–H and O–H groups in total. The quantitative estimate of drug-likeness (QED) is 0.832. The Kier molecular flexibility index (Phi) is 4.49. The van der Waals surface area contributed by atoms with Crippen molar-refractivity contribution < 1.29 is 19.4 Å². The molecule has 1 fully saturated rings. The average Bonchev–Trinajstić information content (AvgIpc) is 2.98. The minimum Gasteiger partial charge on any atom is -0.479 e.